The monoisotopic (exact) mass is 279 g/mol. The first-order valence-corrected chi connectivity index (χ1v) is 7.28. The molecule has 1 N–H and O–H groups in total. The van der Waals surface area contributed by atoms with Crippen LogP contribution in [0.5, 0.6) is 0 Å². The minimum atomic E-state index is -0.309. The molecule has 0 saturated carbocycles. The molecule has 6 heteroatoms. The lowest BCUT2D eigenvalue weighted by Crippen LogP contribution is -2.30. The number of hydrogen-bond acceptors (Lipinski definition) is 5. The Labute approximate surface area is 115 Å². The fraction of sp³-hybridized carbons (Fsp3) is 0.462. The van der Waals surface area contributed by atoms with Crippen molar-refractivity contribution in [2.24, 2.45) is 0 Å². The summed E-state index contributed by atoms with van der Waals surface area (Å²) in [5.41, 5.74) is 3.09. The van der Waals surface area contributed by atoms with Gasteiger partial charge in [-0.25, -0.2) is 4.98 Å². The van der Waals surface area contributed by atoms with Crippen molar-refractivity contribution in [2.45, 2.75) is 32.7 Å². The maximum absolute atomic E-state index is 11.3. The zero-order valence-corrected chi connectivity index (χ0v) is 11.9. The number of nitrogens with one attached hydrogen (secondary N) is 1. The Morgan fingerprint density at radius 2 is 2.26 bits per heavy atom. The zero-order chi connectivity index (χ0) is 13.8. The number of aromatic nitrogens is 1. The molecule has 1 aromatic heterocycles. The molecule has 0 bridgehead atoms. The van der Waals surface area contributed by atoms with Crippen molar-refractivity contribution >= 4 is 27.2 Å². The van der Waals surface area contributed by atoms with Gasteiger partial charge in [0.1, 0.15) is 0 Å². The molecule has 1 aromatic carbocycles. The van der Waals surface area contributed by atoms with Gasteiger partial charge in [-0.05, 0) is 25.5 Å². The molecular formula is C13H17N3O2S. The van der Waals surface area contributed by atoms with Crippen molar-refractivity contribution < 1.29 is 4.92 Å². The van der Waals surface area contributed by atoms with Crippen LogP contribution in [0.3, 0.4) is 0 Å². The van der Waals surface area contributed by atoms with Crippen molar-refractivity contribution in [3.63, 3.8) is 0 Å². The topological polar surface area (TPSA) is 68.1 Å². The van der Waals surface area contributed by atoms with Gasteiger partial charge in [0.25, 0.3) is 5.69 Å². The third kappa shape index (κ3) is 2.90. The highest BCUT2D eigenvalue weighted by atomic mass is 32.1. The number of hydrogen-bond donors (Lipinski definition) is 1. The molecule has 0 aliphatic carbocycles. The molecule has 1 unspecified atom stereocenters. The molecule has 0 aliphatic rings. The minimum absolute atomic E-state index is 0.162. The normalized spacial score (nSPS) is 12.7. The predicted molar refractivity (Wildman–Crippen MR) is 77.7 cm³/mol. The van der Waals surface area contributed by atoms with Gasteiger partial charge >= 0.3 is 0 Å². The van der Waals surface area contributed by atoms with Gasteiger partial charge in [-0.15, -0.1) is 11.3 Å². The van der Waals surface area contributed by atoms with Crippen LogP contribution < -0.4 is 5.32 Å². The molecule has 19 heavy (non-hydrogen) atoms. The molecule has 0 amide bonds. The number of thiazole rings is 1. The number of likely N-dealkylation sites (N-methyl/N-ethyl adjacent to an activating group) is 1. The van der Waals surface area contributed by atoms with E-state index in [1.54, 1.807) is 5.51 Å². The Morgan fingerprint density at radius 3 is 2.89 bits per heavy atom. The molecule has 1 heterocycles. The molecule has 1 atom stereocenters. The van der Waals surface area contributed by atoms with E-state index >= 15 is 0 Å². The average Bonchev–Trinajstić information content (AvgIpc) is 2.85. The highest BCUT2D eigenvalue weighted by Crippen LogP contribution is 2.31. The molecule has 0 radical (unpaired) electrons. The largest absolute Gasteiger partial charge is 0.314 e. The average molecular weight is 279 g/mol. The molecule has 5 nitrogen and oxygen atoms in total. The molecule has 2 rings (SSSR count). The molecule has 0 fully saturated rings. The van der Waals surface area contributed by atoms with Crippen LogP contribution in [0.25, 0.3) is 10.2 Å². The molecule has 102 valence electrons. The summed E-state index contributed by atoms with van der Waals surface area (Å²) in [5.74, 6) is 0. The van der Waals surface area contributed by atoms with Crippen LogP contribution in [0.15, 0.2) is 17.6 Å². The lowest BCUT2D eigenvalue weighted by atomic mass is 10.0. The smallest absolute Gasteiger partial charge is 0.299 e. The lowest BCUT2D eigenvalue weighted by Gasteiger charge is -2.15. The predicted octanol–water partition coefficient (Wildman–Crippen LogP) is 3.14. The molecule has 2 aromatic rings. The van der Waals surface area contributed by atoms with E-state index in [2.05, 4.69) is 17.2 Å². The van der Waals surface area contributed by atoms with E-state index in [-0.39, 0.29) is 16.7 Å². The van der Waals surface area contributed by atoms with Crippen molar-refractivity contribution in [1.29, 1.82) is 0 Å². The first-order valence-electron chi connectivity index (χ1n) is 6.40. The SMILES string of the molecule is CCNC(CC)Cc1ccc2scnc2c1[N+](=O)[O-]. The summed E-state index contributed by atoms with van der Waals surface area (Å²) in [6.45, 7) is 4.99. The number of benzene rings is 1. The van der Waals surface area contributed by atoms with Crippen LogP contribution in [-0.2, 0) is 6.42 Å². The zero-order valence-electron chi connectivity index (χ0n) is 11.0. The van der Waals surface area contributed by atoms with Gasteiger partial charge in [0.15, 0.2) is 5.52 Å². The number of nitro benzene ring substituents is 1. The second-order valence-corrected chi connectivity index (χ2v) is 5.28. The van der Waals surface area contributed by atoms with Gasteiger partial charge in [0, 0.05) is 11.6 Å². The van der Waals surface area contributed by atoms with Gasteiger partial charge in [-0.3, -0.25) is 10.1 Å². The number of nitro groups is 1. The van der Waals surface area contributed by atoms with Crippen LogP contribution >= 0.6 is 11.3 Å². The number of fused-ring (bicyclic) bond motifs is 1. The van der Waals surface area contributed by atoms with E-state index in [1.807, 2.05) is 19.1 Å². The van der Waals surface area contributed by atoms with Crippen LogP contribution in [-0.4, -0.2) is 22.5 Å². The van der Waals surface area contributed by atoms with Crippen molar-refractivity contribution in [3.05, 3.63) is 33.3 Å². The molecule has 0 spiro atoms. The summed E-state index contributed by atoms with van der Waals surface area (Å²) >= 11 is 1.43. The van der Waals surface area contributed by atoms with E-state index in [9.17, 15) is 10.1 Å². The van der Waals surface area contributed by atoms with Gasteiger partial charge in [-0.2, -0.15) is 0 Å². The minimum Gasteiger partial charge on any atom is -0.314 e. The van der Waals surface area contributed by atoms with Gasteiger partial charge in [-0.1, -0.05) is 19.9 Å². The third-order valence-corrected chi connectivity index (χ3v) is 3.99. The van der Waals surface area contributed by atoms with Crippen LogP contribution in [0.2, 0.25) is 0 Å². The Bertz CT molecular complexity index is 582. The highest BCUT2D eigenvalue weighted by Gasteiger charge is 2.22. The second-order valence-electron chi connectivity index (χ2n) is 4.40. The summed E-state index contributed by atoms with van der Waals surface area (Å²) in [6, 6.07) is 4.05. The Kier molecular flexibility index (Phi) is 4.44. The van der Waals surface area contributed by atoms with Gasteiger partial charge < -0.3 is 5.32 Å². The van der Waals surface area contributed by atoms with Crippen LogP contribution in [0.1, 0.15) is 25.8 Å². The fourth-order valence-electron chi connectivity index (χ4n) is 2.24. The Morgan fingerprint density at radius 1 is 1.47 bits per heavy atom. The van der Waals surface area contributed by atoms with E-state index in [1.165, 1.54) is 11.3 Å². The van der Waals surface area contributed by atoms with Crippen molar-refractivity contribution in [2.75, 3.05) is 6.54 Å². The van der Waals surface area contributed by atoms with E-state index < -0.39 is 0 Å². The third-order valence-electron chi connectivity index (χ3n) is 3.19. The van der Waals surface area contributed by atoms with Crippen molar-refractivity contribution in [1.82, 2.24) is 10.3 Å². The van der Waals surface area contributed by atoms with E-state index in [4.69, 9.17) is 0 Å². The first kappa shape index (κ1) is 13.9. The standard InChI is InChI=1S/C13H17N3O2S/c1-3-10(14-4-2)7-9-5-6-11-12(15-8-19-11)13(9)16(17)18/h5-6,8,10,14H,3-4,7H2,1-2H3. The maximum Gasteiger partial charge on any atom is 0.299 e. The number of rotatable bonds is 6. The molecule has 0 aliphatic heterocycles. The second kappa shape index (κ2) is 6.08. The van der Waals surface area contributed by atoms with E-state index in [0.29, 0.717) is 11.9 Å². The lowest BCUT2D eigenvalue weighted by molar-refractivity contribution is -0.383. The van der Waals surface area contributed by atoms with Crippen LogP contribution in [0, 0.1) is 10.1 Å². The summed E-state index contributed by atoms with van der Waals surface area (Å²) in [4.78, 5) is 15.1. The number of nitrogens with zero attached hydrogens (tertiary/aromatic N) is 2. The molecule has 0 saturated heterocycles. The van der Waals surface area contributed by atoms with E-state index in [0.717, 1.165) is 23.2 Å². The Balaban J connectivity index is 2.41. The fourth-order valence-corrected chi connectivity index (χ4v) is 2.92. The van der Waals surface area contributed by atoms with Crippen LogP contribution in [0.4, 0.5) is 5.69 Å². The van der Waals surface area contributed by atoms with Gasteiger partial charge in [0.2, 0.25) is 0 Å². The summed E-state index contributed by atoms with van der Waals surface area (Å²) in [5, 5.41) is 14.7. The summed E-state index contributed by atoms with van der Waals surface area (Å²) < 4.78 is 0.868. The van der Waals surface area contributed by atoms with Crippen molar-refractivity contribution in [3.8, 4) is 0 Å². The maximum atomic E-state index is 11.3. The highest BCUT2D eigenvalue weighted by molar-refractivity contribution is 7.16. The van der Waals surface area contributed by atoms with Gasteiger partial charge in [0.05, 0.1) is 15.1 Å². The molecular weight excluding hydrogens is 262 g/mol. The summed E-state index contributed by atoms with van der Waals surface area (Å²) in [7, 11) is 0. The Hall–Kier alpha value is -1.53. The first-order chi connectivity index (χ1) is 9.17. The summed E-state index contributed by atoms with van der Waals surface area (Å²) in [6.07, 6.45) is 1.61. The quantitative estimate of drug-likeness (QED) is 0.651.